The first-order valence-electron chi connectivity index (χ1n) is 6.54. The molecule has 0 bridgehead atoms. The number of carboxylic acid groups (broad SMARTS) is 1. The average molecular weight is 289 g/mol. The SMILES string of the molecule is CC1(C(=O)O)CCCN(c2ccc([N+](=O)[O-])c(C#N)c2)C1. The Morgan fingerprint density at radius 3 is 2.86 bits per heavy atom. The number of carboxylic acids is 1. The van der Waals surface area contributed by atoms with E-state index in [1.54, 1.807) is 13.0 Å². The van der Waals surface area contributed by atoms with Gasteiger partial charge >= 0.3 is 5.97 Å². The minimum atomic E-state index is -0.852. The van der Waals surface area contributed by atoms with Gasteiger partial charge in [0, 0.05) is 24.8 Å². The number of carbonyl (C=O) groups is 1. The van der Waals surface area contributed by atoms with Crippen LogP contribution in [-0.4, -0.2) is 29.1 Å². The highest BCUT2D eigenvalue weighted by atomic mass is 16.6. The molecule has 0 amide bonds. The van der Waals surface area contributed by atoms with Gasteiger partial charge in [0.2, 0.25) is 0 Å². The first-order chi connectivity index (χ1) is 9.87. The van der Waals surface area contributed by atoms with Crippen LogP contribution in [0.25, 0.3) is 0 Å². The number of anilines is 1. The van der Waals surface area contributed by atoms with E-state index in [0.717, 1.165) is 6.42 Å². The maximum absolute atomic E-state index is 11.4. The number of hydrogen-bond donors (Lipinski definition) is 1. The minimum Gasteiger partial charge on any atom is -0.481 e. The Hall–Kier alpha value is -2.62. The van der Waals surface area contributed by atoms with Gasteiger partial charge in [-0.05, 0) is 31.9 Å². The third-order valence-corrected chi connectivity index (χ3v) is 3.88. The van der Waals surface area contributed by atoms with Crippen molar-refractivity contribution in [3.63, 3.8) is 0 Å². The van der Waals surface area contributed by atoms with E-state index in [-0.39, 0.29) is 11.3 Å². The molecular weight excluding hydrogens is 274 g/mol. The number of nitrogens with zero attached hydrogens (tertiary/aromatic N) is 3. The zero-order valence-electron chi connectivity index (χ0n) is 11.6. The Morgan fingerprint density at radius 2 is 2.29 bits per heavy atom. The maximum atomic E-state index is 11.4. The van der Waals surface area contributed by atoms with Crippen LogP contribution in [0.2, 0.25) is 0 Å². The molecule has 7 heteroatoms. The maximum Gasteiger partial charge on any atom is 0.311 e. The molecule has 110 valence electrons. The summed E-state index contributed by atoms with van der Waals surface area (Å²) in [5.74, 6) is -0.852. The molecule has 1 unspecified atom stereocenters. The van der Waals surface area contributed by atoms with E-state index in [9.17, 15) is 20.0 Å². The summed E-state index contributed by atoms with van der Waals surface area (Å²) in [5, 5.41) is 29.1. The molecule has 1 N–H and O–H groups in total. The zero-order chi connectivity index (χ0) is 15.6. The predicted octanol–water partition coefficient (Wildman–Crippen LogP) is 2.16. The summed E-state index contributed by atoms with van der Waals surface area (Å²) in [6.07, 6.45) is 1.32. The van der Waals surface area contributed by atoms with Crippen molar-refractivity contribution in [3.05, 3.63) is 33.9 Å². The fourth-order valence-electron chi connectivity index (χ4n) is 2.60. The molecule has 1 aromatic rings. The quantitative estimate of drug-likeness (QED) is 0.674. The van der Waals surface area contributed by atoms with Crippen molar-refractivity contribution in [1.29, 1.82) is 5.26 Å². The van der Waals surface area contributed by atoms with Gasteiger partial charge < -0.3 is 10.0 Å². The average Bonchev–Trinajstić information content (AvgIpc) is 2.46. The van der Waals surface area contributed by atoms with Gasteiger partial charge in [0.15, 0.2) is 0 Å². The summed E-state index contributed by atoms with van der Waals surface area (Å²) in [4.78, 5) is 23.4. The summed E-state index contributed by atoms with van der Waals surface area (Å²) in [6, 6.07) is 6.12. The topological polar surface area (TPSA) is 107 Å². The molecule has 1 heterocycles. The summed E-state index contributed by atoms with van der Waals surface area (Å²) < 4.78 is 0. The smallest absolute Gasteiger partial charge is 0.311 e. The van der Waals surface area contributed by atoms with Crippen LogP contribution in [0.15, 0.2) is 18.2 Å². The second kappa shape index (κ2) is 5.40. The fourth-order valence-corrected chi connectivity index (χ4v) is 2.60. The Labute approximate surface area is 121 Å². The van der Waals surface area contributed by atoms with E-state index >= 15 is 0 Å². The lowest BCUT2D eigenvalue weighted by atomic mass is 9.82. The molecule has 0 saturated carbocycles. The first-order valence-corrected chi connectivity index (χ1v) is 6.54. The van der Waals surface area contributed by atoms with Crippen LogP contribution in [-0.2, 0) is 4.79 Å². The van der Waals surface area contributed by atoms with Crippen LogP contribution in [0.5, 0.6) is 0 Å². The zero-order valence-corrected chi connectivity index (χ0v) is 11.6. The molecule has 1 fully saturated rings. The number of nitriles is 1. The van der Waals surface area contributed by atoms with Crippen molar-refractivity contribution in [2.24, 2.45) is 5.41 Å². The molecule has 1 aromatic carbocycles. The van der Waals surface area contributed by atoms with Crippen LogP contribution >= 0.6 is 0 Å². The Balaban J connectivity index is 2.32. The number of aliphatic carboxylic acids is 1. The Bertz CT molecular complexity index is 638. The third kappa shape index (κ3) is 2.79. The molecule has 1 saturated heterocycles. The number of nitro benzene ring substituents is 1. The number of benzene rings is 1. The highest BCUT2D eigenvalue weighted by Gasteiger charge is 2.38. The summed E-state index contributed by atoms with van der Waals surface area (Å²) in [6.45, 7) is 2.69. The van der Waals surface area contributed by atoms with Crippen LogP contribution < -0.4 is 4.90 Å². The van der Waals surface area contributed by atoms with Crippen molar-refractivity contribution in [2.45, 2.75) is 19.8 Å². The van der Waals surface area contributed by atoms with Gasteiger partial charge in [-0.25, -0.2) is 0 Å². The second-order valence-corrected chi connectivity index (χ2v) is 5.46. The predicted molar refractivity (Wildman–Crippen MR) is 75.0 cm³/mol. The van der Waals surface area contributed by atoms with Crippen molar-refractivity contribution in [1.82, 2.24) is 0 Å². The van der Waals surface area contributed by atoms with Crippen LogP contribution in [0, 0.1) is 26.9 Å². The highest BCUT2D eigenvalue weighted by molar-refractivity contribution is 5.75. The van der Waals surface area contributed by atoms with E-state index in [1.165, 1.54) is 12.1 Å². The van der Waals surface area contributed by atoms with E-state index in [2.05, 4.69) is 0 Å². The molecule has 1 atom stereocenters. The lowest BCUT2D eigenvalue weighted by Gasteiger charge is -2.38. The molecule has 0 aromatic heterocycles. The summed E-state index contributed by atoms with van der Waals surface area (Å²) >= 11 is 0. The highest BCUT2D eigenvalue weighted by Crippen LogP contribution is 2.34. The lowest BCUT2D eigenvalue weighted by molar-refractivity contribution is -0.385. The van der Waals surface area contributed by atoms with E-state index < -0.39 is 16.3 Å². The van der Waals surface area contributed by atoms with Gasteiger partial charge in [-0.1, -0.05) is 0 Å². The van der Waals surface area contributed by atoms with Crippen molar-refractivity contribution in [3.8, 4) is 6.07 Å². The fraction of sp³-hybridized carbons (Fsp3) is 0.429. The van der Waals surface area contributed by atoms with Crippen LogP contribution in [0.1, 0.15) is 25.3 Å². The summed E-state index contributed by atoms with van der Waals surface area (Å²) in [5.41, 5.74) is -0.448. The number of hydrogen-bond acceptors (Lipinski definition) is 5. The minimum absolute atomic E-state index is 0.0138. The molecule has 0 spiro atoms. The molecular formula is C14H15N3O4. The number of nitro groups is 1. The van der Waals surface area contributed by atoms with Gasteiger partial charge in [0.25, 0.3) is 5.69 Å². The van der Waals surface area contributed by atoms with Gasteiger partial charge in [-0.3, -0.25) is 14.9 Å². The standard InChI is InChI=1S/C14H15N3O4/c1-14(13(18)19)5-2-6-16(9-14)11-3-4-12(17(20)21)10(7-11)8-15/h3-4,7H,2,5-6,9H2,1H3,(H,18,19). The van der Waals surface area contributed by atoms with Gasteiger partial charge in [-0.2, -0.15) is 5.26 Å². The molecule has 1 aliphatic rings. The van der Waals surface area contributed by atoms with Crippen LogP contribution in [0.3, 0.4) is 0 Å². The lowest BCUT2D eigenvalue weighted by Crippen LogP contribution is -2.46. The Morgan fingerprint density at radius 1 is 1.57 bits per heavy atom. The van der Waals surface area contributed by atoms with Gasteiger partial charge in [0.1, 0.15) is 11.6 Å². The van der Waals surface area contributed by atoms with Gasteiger partial charge in [-0.15, -0.1) is 0 Å². The van der Waals surface area contributed by atoms with Crippen molar-refractivity contribution < 1.29 is 14.8 Å². The third-order valence-electron chi connectivity index (χ3n) is 3.88. The molecule has 21 heavy (non-hydrogen) atoms. The van der Waals surface area contributed by atoms with Gasteiger partial charge in [0.05, 0.1) is 10.3 Å². The van der Waals surface area contributed by atoms with Crippen molar-refractivity contribution >= 4 is 17.3 Å². The second-order valence-electron chi connectivity index (χ2n) is 5.46. The van der Waals surface area contributed by atoms with E-state index in [4.69, 9.17) is 5.26 Å². The van der Waals surface area contributed by atoms with Crippen LogP contribution in [0.4, 0.5) is 11.4 Å². The molecule has 2 rings (SSSR count). The van der Waals surface area contributed by atoms with Crippen molar-refractivity contribution in [2.75, 3.05) is 18.0 Å². The number of piperidine rings is 1. The molecule has 0 aliphatic carbocycles. The molecule has 0 radical (unpaired) electrons. The normalized spacial score (nSPS) is 21.6. The first kappa shape index (κ1) is 14.8. The number of rotatable bonds is 3. The van der Waals surface area contributed by atoms with E-state index in [1.807, 2.05) is 11.0 Å². The van der Waals surface area contributed by atoms with E-state index in [0.29, 0.717) is 25.2 Å². The largest absolute Gasteiger partial charge is 0.481 e. The monoisotopic (exact) mass is 289 g/mol. The Kier molecular flexibility index (Phi) is 3.80. The molecule has 7 nitrogen and oxygen atoms in total. The summed E-state index contributed by atoms with van der Waals surface area (Å²) in [7, 11) is 0. The molecule has 1 aliphatic heterocycles.